The summed E-state index contributed by atoms with van der Waals surface area (Å²) in [6.45, 7) is 0.676. The highest BCUT2D eigenvalue weighted by Crippen LogP contribution is 2.33. The minimum absolute atomic E-state index is 0.178. The van der Waals surface area contributed by atoms with E-state index < -0.39 is 12.1 Å². The van der Waals surface area contributed by atoms with Crippen LogP contribution in [0.5, 0.6) is 11.5 Å². The monoisotopic (exact) mass is 460 g/mol. The van der Waals surface area contributed by atoms with Crippen molar-refractivity contribution in [2.24, 2.45) is 0 Å². The van der Waals surface area contributed by atoms with Crippen molar-refractivity contribution in [3.63, 3.8) is 0 Å². The fourth-order valence-electron chi connectivity index (χ4n) is 4.08. The van der Waals surface area contributed by atoms with E-state index >= 15 is 0 Å². The molecule has 1 saturated heterocycles. The van der Waals surface area contributed by atoms with Crippen LogP contribution in [-0.4, -0.2) is 43.7 Å². The number of hydrogen-bond donors (Lipinski definition) is 1. The first-order valence-corrected chi connectivity index (χ1v) is 11.2. The number of methoxy groups -OCH3 is 2. The van der Waals surface area contributed by atoms with Crippen molar-refractivity contribution in [2.75, 3.05) is 26.1 Å². The number of nitrogens with zero attached hydrogens (tertiary/aromatic N) is 1. The summed E-state index contributed by atoms with van der Waals surface area (Å²) >= 11 is 0. The Bertz CT molecular complexity index is 1150. The molecule has 0 aromatic heterocycles. The van der Waals surface area contributed by atoms with E-state index in [1.54, 1.807) is 14.2 Å². The van der Waals surface area contributed by atoms with Crippen molar-refractivity contribution < 1.29 is 23.8 Å². The predicted octanol–water partition coefficient (Wildman–Crippen LogP) is 5.11. The molecule has 1 heterocycles. The van der Waals surface area contributed by atoms with Gasteiger partial charge in [0.2, 0.25) is 5.91 Å². The van der Waals surface area contributed by atoms with Crippen LogP contribution >= 0.6 is 0 Å². The Morgan fingerprint density at radius 3 is 2.44 bits per heavy atom. The number of anilines is 1. The third-order valence-corrected chi connectivity index (χ3v) is 5.84. The van der Waals surface area contributed by atoms with E-state index in [9.17, 15) is 9.59 Å². The number of carbonyl (C=O) groups excluding carboxylic acids is 2. The molecule has 176 valence electrons. The van der Waals surface area contributed by atoms with Crippen LogP contribution in [0.2, 0.25) is 0 Å². The van der Waals surface area contributed by atoms with Gasteiger partial charge >= 0.3 is 6.09 Å². The lowest BCUT2D eigenvalue weighted by Crippen LogP contribution is -2.43. The Balaban J connectivity index is 1.42. The molecule has 1 aliphatic heterocycles. The van der Waals surface area contributed by atoms with Crippen molar-refractivity contribution in [1.82, 2.24) is 4.90 Å². The second-order valence-corrected chi connectivity index (χ2v) is 8.03. The molecule has 1 unspecified atom stereocenters. The Labute approximate surface area is 199 Å². The molecule has 0 bridgehead atoms. The van der Waals surface area contributed by atoms with Crippen LogP contribution in [0.4, 0.5) is 10.5 Å². The highest BCUT2D eigenvalue weighted by Gasteiger charge is 2.35. The van der Waals surface area contributed by atoms with Gasteiger partial charge in [0.05, 0.1) is 14.2 Å². The maximum absolute atomic E-state index is 13.0. The van der Waals surface area contributed by atoms with Crippen LogP contribution < -0.4 is 14.8 Å². The highest BCUT2D eigenvalue weighted by atomic mass is 16.6. The molecule has 0 radical (unpaired) electrons. The largest absolute Gasteiger partial charge is 0.493 e. The molecular weight excluding hydrogens is 432 g/mol. The number of carbonyl (C=O) groups is 2. The number of rotatable bonds is 7. The molecule has 2 amide bonds. The summed E-state index contributed by atoms with van der Waals surface area (Å²) in [5.41, 5.74) is 3.41. The van der Waals surface area contributed by atoms with Crippen LogP contribution in [0.3, 0.4) is 0 Å². The number of nitrogens with one attached hydrogen (secondary N) is 1. The molecule has 7 heteroatoms. The van der Waals surface area contributed by atoms with E-state index in [0.29, 0.717) is 30.2 Å². The average Bonchev–Trinajstić information content (AvgIpc) is 3.38. The quantitative estimate of drug-likeness (QED) is 0.530. The molecule has 0 saturated carbocycles. The maximum Gasteiger partial charge on any atom is 0.410 e. The Morgan fingerprint density at radius 2 is 1.68 bits per heavy atom. The van der Waals surface area contributed by atoms with Gasteiger partial charge in [-0.25, -0.2) is 4.79 Å². The minimum atomic E-state index is -0.562. The molecule has 34 heavy (non-hydrogen) atoms. The molecule has 7 nitrogen and oxygen atoms in total. The van der Waals surface area contributed by atoms with Crippen LogP contribution in [-0.2, 0) is 16.1 Å². The molecule has 0 aliphatic carbocycles. The third-order valence-electron chi connectivity index (χ3n) is 5.84. The fraction of sp³-hybridized carbons (Fsp3) is 0.259. The van der Waals surface area contributed by atoms with Gasteiger partial charge in [0.25, 0.3) is 0 Å². The summed E-state index contributed by atoms with van der Waals surface area (Å²) in [4.78, 5) is 27.2. The van der Waals surface area contributed by atoms with Gasteiger partial charge in [-0.1, -0.05) is 48.5 Å². The lowest BCUT2D eigenvalue weighted by molar-refractivity contribution is -0.120. The SMILES string of the molecule is COc1ccc(-c2cccc(NC(=O)C3CCCN3C(=O)OCc3ccccc3)c2)cc1OC. The number of hydrogen-bond acceptors (Lipinski definition) is 5. The number of ether oxygens (including phenoxy) is 3. The molecular formula is C27H28N2O5. The zero-order chi connectivity index (χ0) is 23.9. The van der Waals surface area contributed by atoms with Gasteiger partial charge in [-0.05, 0) is 53.8 Å². The van der Waals surface area contributed by atoms with Crippen molar-refractivity contribution >= 4 is 17.7 Å². The van der Waals surface area contributed by atoms with Gasteiger partial charge in [-0.15, -0.1) is 0 Å². The molecule has 1 aliphatic rings. The standard InChI is InChI=1S/C27H28N2O5/c1-32-24-14-13-21(17-25(24)33-2)20-10-6-11-22(16-20)28-26(30)23-12-7-15-29(23)27(31)34-18-19-8-4-3-5-9-19/h3-6,8-11,13-14,16-17,23H,7,12,15,18H2,1-2H3,(H,28,30). The van der Waals surface area contributed by atoms with Crippen LogP contribution in [0.1, 0.15) is 18.4 Å². The van der Waals surface area contributed by atoms with Gasteiger partial charge in [-0.2, -0.15) is 0 Å². The first-order chi connectivity index (χ1) is 16.6. The molecule has 1 atom stereocenters. The number of benzene rings is 3. The van der Waals surface area contributed by atoms with Gasteiger partial charge in [-0.3, -0.25) is 9.69 Å². The van der Waals surface area contributed by atoms with Crippen LogP contribution in [0.15, 0.2) is 72.8 Å². The Morgan fingerprint density at radius 1 is 0.912 bits per heavy atom. The van der Waals surface area contributed by atoms with Crippen LogP contribution in [0, 0.1) is 0 Å². The molecule has 1 fully saturated rings. The molecule has 3 aromatic carbocycles. The summed E-state index contributed by atoms with van der Waals surface area (Å²) < 4.78 is 16.2. The van der Waals surface area contributed by atoms with Crippen molar-refractivity contribution in [1.29, 1.82) is 0 Å². The van der Waals surface area contributed by atoms with E-state index in [-0.39, 0.29) is 12.5 Å². The summed E-state index contributed by atoms with van der Waals surface area (Å²) in [7, 11) is 3.19. The first kappa shape index (κ1) is 23.2. The third kappa shape index (κ3) is 5.31. The fourth-order valence-corrected chi connectivity index (χ4v) is 4.08. The summed E-state index contributed by atoms with van der Waals surface area (Å²) in [5.74, 6) is 1.06. The van der Waals surface area contributed by atoms with E-state index in [0.717, 1.165) is 23.1 Å². The second-order valence-electron chi connectivity index (χ2n) is 8.03. The molecule has 3 aromatic rings. The summed E-state index contributed by atoms with van der Waals surface area (Å²) in [5, 5.41) is 2.96. The molecule has 1 N–H and O–H groups in total. The van der Waals surface area contributed by atoms with Crippen molar-refractivity contribution in [3.05, 3.63) is 78.4 Å². The predicted molar refractivity (Wildman–Crippen MR) is 130 cm³/mol. The Hall–Kier alpha value is -4.00. The first-order valence-electron chi connectivity index (χ1n) is 11.2. The average molecular weight is 461 g/mol. The van der Waals surface area contributed by atoms with Crippen LogP contribution in [0.25, 0.3) is 11.1 Å². The normalized spacial score (nSPS) is 15.0. The molecule has 4 rings (SSSR count). The zero-order valence-corrected chi connectivity index (χ0v) is 19.3. The van der Waals surface area contributed by atoms with Gasteiger partial charge in [0.1, 0.15) is 12.6 Å². The van der Waals surface area contributed by atoms with Crippen molar-refractivity contribution in [3.8, 4) is 22.6 Å². The lowest BCUT2D eigenvalue weighted by Gasteiger charge is -2.23. The zero-order valence-electron chi connectivity index (χ0n) is 19.3. The second kappa shape index (κ2) is 10.7. The van der Waals surface area contributed by atoms with E-state index in [2.05, 4.69) is 5.32 Å². The van der Waals surface area contributed by atoms with Gasteiger partial charge < -0.3 is 19.5 Å². The van der Waals surface area contributed by atoms with Gasteiger partial charge in [0.15, 0.2) is 11.5 Å². The number of likely N-dealkylation sites (tertiary alicyclic amines) is 1. The Kier molecular flexibility index (Phi) is 7.32. The van der Waals surface area contributed by atoms with E-state index in [4.69, 9.17) is 14.2 Å². The number of amides is 2. The molecule has 0 spiro atoms. The van der Waals surface area contributed by atoms with Gasteiger partial charge in [0, 0.05) is 12.2 Å². The van der Waals surface area contributed by atoms with Crippen molar-refractivity contribution in [2.45, 2.75) is 25.5 Å². The topological polar surface area (TPSA) is 77.1 Å². The maximum atomic E-state index is 13.0. The summed E-state index contributed by atoms with van der Waals surface area (Å²) in [6.07, 6.45) is 0.881. The lowest BCUT2D eigenvalue weighted by atomic mass is 10.0. The smallest absolute Gasteiger partial charge is 0.410 e. The van der Waals surface area contributed by atoms with E-state index in [1.807, 2.05) is 72.8 Å². The minimum Gasteiger partial charge on any atom is -0.493 e. The highest BCUT2D eigenvalue weighted by molar-refractivity contribution is 5.97. The van der Waals surface area contributed by atoms with E-state index in [1.165, 1.54) is 4.90 Å². The summed E-state index contributed by atoms with van der Waals surface area (Å²) in [6, 6.07) is 22.2.